The van der Waals surface area contributed by atoms with Crippen LogP contribution in [0.15, 0.2) is 0 Å². The van der Waals surface area contributed by atoms with E-state index in [1.807, 2.05) is 0 Å². The second kappa shape index (κ2) is 6.53. The summed E-state index contributed by atoms with van der Waals surface area (Å²) in [4.78, 5) is 0. The predicted octanol–water partition coefficient (Wildman–Crippen LogP) is 6.55. The van der Waals surface area contributed by atoms with E-state index in [0.717, 1.165) is 6.92 Å². The average molecular weight is 426 g/mol. The molecule has 0 saturated carbocycles. The largest absolute Gasteiger partial charge is 0.460 e. The number of hydrogen-bond donors (Lipinski definition) is 0. The highest BCUT2D eigenvalue weighted by Gasteiger charge is 2.87. The Bertz CT molecular complexity index is 486. The zero-order valence-electron chi connectivity index (χ0n) is 12.3. The third-order valence-electron chi connectivity index (χ3n) is 3.15. The minimum absolute atomic E-state index is 0.813. The van der Waals surface area contributed by atoms with Crippen LogP contribution in [-0.4, -0.2) is 41.7 Å². The summed E-state index contributed by atoms with van der Waals surface area (Å²) < 4.78 is 191. The van der Waals surface area contributed by atoms with Gasteiger partial charge in [0.1, 0.15) is 0 Å². The first-order valence-corrected chi connectivity index (χ1v) is 6.35. The second-order valence-corrected chi connectivity index (χ2v) is 5.26. The summed E-state index contributed by atoms with van der Waals surface area (Å²) in [6.07, 6.45) is -14.3. The van der Waals surface area contributed by atoms with Crippen molar-refractivity contribution in [2.75, 3.05) is 0 Å². The Morgan fingerprint density at radius 1 is 0.462 bits per heavy atom. The fourth-order valence-corrected chi connectivity index (χ4v) is 1.62. The van der Waals surface area contributed by atoms with Crippen LogP contribution in [0.5, 0.6) is 0 Å². The Morgan fingerprint density at radius 3 is 1.15 bits per heavy atom. The van der Waals surface area contributed by atoms with Crippen molar-refractivity contribution in [2.24, 2.45) is 0 Å². The van der Waals surface area contributed by atoms with Crippen LogP contribution in [0.4, 0.5) is 65.9 Å². The van der Waals surface area contributed by atoms with Gasteiger partial charge in [-0.3, -0.25) is 0 Å². The molecule has 15 heteroatoms. The molecule has 0 amide bonds. The minimum atomic E-state index is -7.92. The monoisotopic (exact) mass is 426 g/mol. The molecule has 0 rings (SSSR count). The number of hydrogen-bond acceptors (Lipinski definition) is 0. The van der Waals surface area contributed by atoms with Crippen molar-refractivity contribution in [1.29, 1.82) is 0 Å². The van der Waals surface area contributed by atoms with Gasteiger partial charge >= 0.3 is 41.7 Å². The highest BCUT2D eigenvalue weighted by atomic mass is 19.4. The van der Waals surface area contributed by atoms with Crippen LogP contribution >= 0.6 is 0 Å². The normalized spacial score (nSPS) is 16.2. The fraction of sp³-hybridized carbons (Fsp3) is 1.00. The van der Waals surface area contributed by atoms with E-state index in [9.17, 15) is 65.9 Å². The SMILES string of the molecule is CCCC(F)(F)C(F)(F)CC(F)(F)C(F)(F)C(F)(F)C(F)(F)C(F)(F)F. The van der Waals surface area contributed by atoms with E-state index in [1.54, 1.807) is 0 Å². The Labute approximate surface area is 135 Å². The second-order valence-electron chi connectivity index (χ2n) is 5.26. The van der Waals surface area contributed by atoms with Gasteiger partial charge in [0.15, 0.2) is 0 Å². The lowest BCUT2D eigenvalue weighted by Crippen LogP contribution is -2.67. The molecule has 0 aliphatic carbocycles. The van der Waals surface area contributed by atoms with Crippen LogP contribution in [0.2, 0.25) is 0 Å². The molecule has 0 aromatic carbocycles. The summed E-state index contributed by atoms with van der Waals surface area (Å²) in [5.74, 6) is -42.0. The third kappa shape index (κ3) is 3.80. The smallest absolute Gasteiger partial charge is 0.200 e. The molecule has 0 unspecified atom stereocenters. The summed E-state index contributed by atoms with van der Waals surface area (Å²) in [6, 6.07) is 0. The number of halogens is 15. The van der Waals surface area contributed by atoms with Crippen LogP contribution in [0.25, 0.3) is 0 Å². The van der Waals surface area contributed by atoms with Gasteiger partial charge in [0, 0.05) is 6.42 Å². The van der Waals surface area contributed by atoms with Gasteiger partial charge in [-0.15, -0.1) is 0 Å². The maximum Gasteiger partial charge on any atom is 0.460 e. The topological polar surface area (TPSA) is 0 Å². The van der Waals surface area contributed by atoms with Crippen LogP contribution in [0, 0.1) is 0 Å². The van der Waals surface area contributed by atoms with Crippen molar-refractivity contribution in [1.82, 2.24) is 0 Å². The molecule has 0 aromatic heterocycles. The van der Waals surface area contributed by atoms with Crippen molar-refractivity contribution >= 4 is 0 Å². The molecule has 0 aliphatic rings. The van der Waals surface area contributed by atoms with Gasteiger partial charge in [-0.2, -0.15) is 65.9 Å². The van der Waals surface area contributed by atoms with Gasteiger partial charge in [-0.1, -0.05) is 13.3 Å². The zero-order valence-corrected chi connectivity index (χ0v) is 12.3. The summed E-state index contributed by atoms with van der Waals surface area (Å²) in [6.45, 7) is 0.828. The van der Waals surface area contributed by atoms with Gasteiger partial charge in [0.25, 0.3) is 0 Å². The first kappa shape index (κ1) is 24.9. The van der Waals surface area contributed by atoms with E-state index in [4.69, 9.17) is 0 Å². The van der Waals surface area contributed by atoms with Gasteiger partial charge in [0.05, 0.1) is 6.42 Å². The van der Waals surface area contributed by atoms with E-state index in [2.05, 4.69) is 0 Å². The summed E-state index contributed by atoms with van der Waals surface area (Å²) >= 11 is 0. The van der Waals surface area contributed by atoms with E-state index in [-0.39, 0.29) is 0 Å². The lowest BCUT2D eigenvalue weighted by molar-refractivity contribution is -0.427. The lowest BCUT2D eigenvalue weighted by atomic mass is 9.91. The first-order valence-electron chi connectivity index (χ1n) is 6.35. The molecule has 0 aromatic rings. The van der Waals surface area contributed by atoms with Crippen molar-refractivity contribution in [3.05, 3.63) is 0 Å². The quantitative estimate of drug-likeness (QED) is 0.386. The number of alkyl halides is 15. The van der Waals surface area contributed by atoms with Gasteiger partial charge in [-0.25, -0.2) is 0 Å². The summed E-state index contributed by atoms with van der Waals surface area (Å²) in [5.41, 5.74) is 0. The molecule has 0 radical (unpaired) electrons. The predicted molar refractivity (Wildman–Crippen MR) is 55.3 cm³/mol. The maximum atomic E-state index is 13.1. The van der Waals surface area contributed by atoms with Crippen molar-refractivity contribution in [3.63, 3.8) is 0 Å². The van der Waals surface area contributed by atoms with Crippen LogP contribution < -0.4 is 0 Å². The molecule has 0 saturated heterocycles. The van der Waals surface area contributed by atoms with Crippen molar-refractivity contribution in [2.45, 2.75) is 67.9 Å². The molecule has 26 heavy (non-hydrogen) atoms. The van der Waals surface area contributed by atoms with E-state index in [1.165, 1.54) is 0 Å². The van der Waals surface area contributed by atoms with Crippen molar-refractivity contribution in [3.8, 4) is 0 Å². The fourth-order valence-electron chi connectivity index (χ4n) is 1.62. The van der Waals surface area contributed by atoms with Crippen LogP contribution in [-0.2, 0) is 0 Å². The summed E-state index contributed by atoms with van der Waals surface area (Å²) in [7, 11) is 0. The molecule has 0 N–H and O–H groups in total. The lowest BCUT2D eigenvalue weighted by Gasteiger charge is -2.39. The standard InChI is InChI=1S/C11H9F15/c1-2-3-5(12,13)6(14,15)4-7(16,17)8(18,19)9(20,21)10(22,23)11(24,25)26/h2-4H2,1H3. The van der Waals surface area contributed by atoms with E-state index in [0.29, 0.717) is 0 Å². The molecule has 0 heterocycles. The average Bonchev–Trinajstić information content (AvgIpc) is 2.34. The van der Waals surface area contributed by atoms with Gasteiger partial charge in [0.2, 0.25) is 0 Å². The van der Waals surface area contributed by atoms with E-state index < -0.39 is 61.0 Å². The van der Waals surface area contributed by atoms with Crippen LogP contribution in [0.1, 0.15) is 26.2 Å². The van der Waals surface area contributed by atoms with Gasteiger partial charge < -0.3 is 0 Å². The highest BCUT2D eigenvalue weighted by Crippen LogP contribution is 2.59. The Kier molecular flexibility index (Phi) is 6.27. The Balaban J connectivity index is 6.05. The van der Waals surface area contributed by atoms with Gasteiger partial charge in [-0.05, 0) is 0 Å². The number of rotatable bonds is 8. The molecule has 0 fully saturated rings. The molecule has 0 bridgehead atoms. The first-order chi connectivity index (χ1) is 11.0. The Morgan fingerprint density at radius 2 is 0.846 bits per heavy atom. The zero-order chi connectivity index (χ0) is 21.6. The van der Waals surface area contributed by atoms with E-state index >= 15 is 0 Å². The maximum absolute atomic E-state index is 13.1. The highest BCUT2D eigenvalue weighted by molar-refractivity contribution is 5.08. The van der Waals surface area contributed by atoms with Crippen LogP contribution in [0.3, 0.4) is 0 Å². The molecule has 0 spiro atoms. The summed E-state index contributed by atoms with van der Waals surface area (Å²) in [5, 5.41) is 0. The molecular formula is C11H9F15. The minimum Gasteiger partial charge on any atom is -0.200 e. The molecule has 0 nitrogen and oxygen atoms in total. The molecule has 0 atom stereocenters. The third-order valence-corrected chi connectivity index (χ3v) is 3.15. The molecule has 158 valence electrons. The molecule has 0 aliphatic heterocycles. The van der Waals surface area contributed by atoms with Crippen molar-refractivity contribution < 1.29 is 65.9 Å². The molecular weight excluding hydrogens is 417 g/mol. The Hall–Kier alpha value is -1.05.